The molecular formula is C42H45ClN10O5S. The molecule has 4 aliphatic heterocycles. The molecule has 8 rings (SSSR count). The molecule has 0 radical (unpaired) electrons. The highest BCUT2D eigenvalue weighted by atomic mass is 35.5. The van der Waals surface area contributed by atoms with Crippen LogP contribution in [0, 0.1) is 20.8 Å². The first-order valence-electron chi connectivity index (χ1n) is 19.8. The molecule has 0 spiro atoms. The number of halogens is 1. The predicted octanol–water partition coefficient (Wildman–Crippen LogP) is 4.57. The Labute approximate surface area is 350 Å². The number of piperidine rings is 1. The van der Waals surface area contributed by atoms with Gasteiger partial charge in [0.05, 0.1) is 5.71 Å². The van der Waals surface area contributed by atoms with Crippen molar-refractivity contribution >= 4 is 63.9 Å². The van der Waals surface area contributed by atoms with Crippen molar-refractivity contribution in [2.75, 3.05) is 38.0 Å². The maximum Gasteiger partial charge on any atom is 0.255 e. The summed E-state index contributed by atoms with van der Waals surface area (Å²) in [7, 11) is 0. The number of amides is 5. The minimum atomic E-state index is -0.666. The number of aromatic nitrogens is 3. The minimum Gasteiger partial charge on any atom is -0.385 e. The van der Waals surface area contributed by atoms with Gasteiger partial charge >= 0.3 is 0 Å². The Morgan fingerprint density at radius 2 is 1.78 bits per heavy atom. The molecule has 3 N–H and O–H groups in total. The van der Waals surface area contributed by atoms with Crippen LogP contribution in [-0.2, 0) is 25.7 Å². The summed E-state index contributed by atoms with van der Waals surface area (Å²) < 4.78 is 2.04. The van der Waals surface area contributed by atoms with Crippen LogP contribution in [0.4, 0.5) is 5.69 Å². The van der Waals surface area contributed by atoms with Crippen molar-refractivity contribution in [3.63, 3.8) is 0 Å². The van der Waals surface area contributed by atoms with Crippen molar-refractivity contribution < 1.29 is 24.0 Å². The summed E-state index contributed by atoms with van der Waals surface area (Å²) >= 11 is 7.92. The number of imide groups is 1. The van der Waals surface area contributed by atoms with E-state index in [4.69, 9.17) is 16.6 Å². The summed E-state index contributed by atoms with van der Waals surface area (Å²) in [6, 6.07) is 11.9. The lowest BCUT2D eigenvalue weighted by molar-refractivity contribution is -0.137. The average Bonchev–Trinajstić information content (AvgIpc) is 3.83. The summed E-state index contributed by atoms with van der Waals surface area (Å²) in [5.74, 6) is 0.186. The van der Waals surface area contributed by atoms with E-state index in [-0.39, 0.29) is 30.0 Å². The Morgan fingerprint density at radius 3 is 2.54 bits per heavy atom. The molecule has 5 amide bonds. The molecule has 2 fully saturated rings. The molecule has 2 saturated heterocycles. The van der Waals surface area contributed by atoms with Gasteiger partial charge in [-0.2, -0.15) is 0 Å². The summed E-state index contributed by atoms with van der Waals surface area (Å²) in [5, 5.41) is 18.1. The summed E-state index contributed by atoms with van der Waals surface area (Å²) in [6.45, 7) is 8.90. The van der Waals surface area contributed by atoms with Gasteiger partial charge in [-0.15, -0.1) is 21.5 Å². The number of aliphatic imine (C=N–C) groups is 1. The van der Waals surface area contributed by atoms with Gasteiger partial charge in [-0.25, -0.2) is 5.01 Å². The van der Waals surface area contributed by atoms with Gasteiger partial charge in [0, 0.05) is 96.0 Å². The molecule has 0 bridgehead atoms. The van der Waals surface area contributed by atoms with Crippen molar-refractivity contribution in [2.24, 2.45) is 4.99 Å². The number of carbonyl (C=O) groups excluding carboxylic acids is 5. The topological polar surface area (TPSA) is 174 Å². The maximum absolute atomic E-state index is 13.5. The average molecular weight is 837 g/mol. The fraction of sp³-hybridized carbons (Fsp3) is 0.381. The van der Waals surface area contributed by atoms with Crippen LogP contribution in [0.1, 0.15) is 87.3 Å². The van der Waals surface area contributed by atoms with Crippen LogP contribution in [0.15, 0.2) is 59.6 Å². The molecule has 59 heavy (non-hydrogen) atoms. The third-order valence-corrected chi connectivity index (χ3v) is 12.8. The summed E-state index contributed by atoms with van der Waals surface area (Å²) in [6.07, 6.45) is 5.60. The van der Waals surface area contributed by atoms with Crippen LogP contribution in [0.5, 0.6) is 0 Å². The number of hydrogen-bond donors (Lipinski definition) is 3. The molecule has 2 aromatic carbocycles. The molecule has 306 valence electrons. The number of unbranched alkanes of at least 4 members (excludes halogenated alkanes) is 1. The normalized spacial score (nSPS) is 19.3. The molecule has 1 unspecified atom stereocenters. The number of nitrogens with zero attached hydrogens (tertiary/aromatic N) is 7. The number of benzene rings is 2. The van der Waals surface area contributed by atoms with E-state index in [1.165, 1.54) is 9.78 Å². The summed E-state index contributed by atoms with van der Waals surface area (Å²) in [5.41, 5.74) is 9.07. The van der Waals surface area contributed by atoms with E-state index in [1.807, 2.05) is 52.9 Å². The lowest BCUT2D eigenvalue weighted by Crippen LogP contribution is -2.54. The van der Waals surface area contributed by atoms with Crippen molar-refractivity contribution in [3.8, 4) is 5.00 Å². The van der Waals surface area contributed by atoms with Gasteiger partial charge in [0.25, 0.3) is 5.91 Å². The Kier molecular flexibility index (Phi) is 11.5. The highest BCUT2D eigenvalue weighted by Crippen LogP contribution is 2.39. The molecule has 17 heteroatoms. The number of rotatable bonds is 11. The van der Waals surface area contributed by atoms with Crippen molar-refractivity contribution in [1.29, 1.82) is 0 Å². The first-order valence-corrected chi connectivity index (χ1v) is 21.0. The number of nitrogens with one attached hydrogen (secondary N) is 3. The first-order chi connectivity index (χ1) is 28.5. The largest absolute Gasteiger partial charge is 0.385 e. The van der Waals surface area contributed by atoms with Crippen LogP contribution < -0.4 is 16.1 Å². The molecule has 4 aliphatic rings. The molecular weight excluding hydrogens is 792 g/mol. The fourth-order valence-electron chi connectivity index (χ4n) is 8.02. The Hall–Kier alpha value is -5.71. The predicted molar refractivity (Wildman–Crippen MR) is 224 cm³/mol. The lowest BCUT2D eigenvalue weighted by Gasteiger charge is -2.34. The van der Waals surface area contributed by atoms with E-state index in [0.29, 0.717) is 74.9 Å². The van der Waals surface area contributed by atoms with Gasteiger partial charge in [-0.1, -0.05) is 29.8 Å². The molecule has 2 aromatic heterocycles. The molecule has 0 aliphatic carbocycles. The van der Waals surface area contributed by atoms with E-state index in [2.05, 4.69) is 40.1 Å². The van der Waals surface area contributed by atoms with E-state index >= 15 is 0 Å². The highest BCUT2D eigenvalue weighted by molar-refractivity contribution is 7.15. The van der Waals surface area contributed by atoms with Crippen LogP contribution in [0.3, 0.4) is 0 Å². The van der Waals surface area contributed by atoms with E-state index in [1.54, 1.807) is 34.5 Å². The number of fused-ring (bicyclic) bond motifs is 4. The number of anilines is 1. The number of piperazine rings is 1. The van der Waals surface area contributed by atoms with E-state index in [9.17, 15) is 24.0 Å². The van der Waals surface area contributed by atoms with Crippen LogP contribution >= 0.6 is 22.9 Å². The third-order valence-electron chi connectivity index (χ3n) is 11.3. The lowest BCUT2D eigenvalue weighted by atomic mass is 10.00. The zero-order valence-corrected chi connectivity index (χ0v) is 34.7. The number of carbonyl (C=O) groups is 5. The Bertz CT molecular complexity index is 2400. The highest BCUT2D eigenvalue weighted by Gasteiger charge is 2.40. The van der Waals surface area contributed by atoms with E-state index < -0.39 is 18.0 Å². The van der Waals surface area contributed by atoms with Crippen LogP contribution in [0.25, 0.3) is 5.00 Å². The SMILES string of the molecule is Cc1sc2c(c1C)C(c1ccc(Cl)cc1)=N[C@@H](/C=C/C(=O)N1CCN(NC(=O)CCCCNc3cccc4c3CN(C3CCC(=O)NC3=O)C4=O)CC1)c1nnc(C)n1-2. The van der Waals surface area contributed by atoms with Crippen LogP contribution in [0.2, 0.25) is 5.02 Å². The van der Waals surface area contributed by atoms with Crippen molar-refractivity contribution in [3.05, 3.63) is 104 Å². The number of aryl methyl sites for hydroxylation is 2. The van der Waals surface area contributed by atoms with Gasteiger partial charge in [0.2, 0.25) is 23.6 Å². The summed E-state index contributed by atoms with van der Waals surface area (Å²) in [4.78, 5) is 73.2. The monoisotopic (exact) mass is 836 g/mol. The fourth-order valence-corrected chi connectivity index (χ4v) is 9.36. The first kappa shape index (κ1) is 40.1. The Morgan fingerprint density at radius 1 is 1.00 bits per heavy atom. The second kappa shape index (κ2) is 16.9. The van der Waals surface area contributed by atoms with Gasteiger partial charge in [-0.3, -0.25) is 44.3 Å². The third kappa shape index (κ3) is 8.16. The van der Waals surface area contributed by atoms with Gasteiger partial charge in [0.15, 0.2) is 5.82 Å². The molecule has 4 aromatic rings. The minimum absolute atomic E-state index is 0.0863. The number of thiophene rings is 1. The standard InChI is InChI=1S/C42H45ClN10O5S/c1-24-25(2)59-42-37(24)38(27-10-12-28(43)13-11-27)45-32(39-48-47-26(3)53(39)42)14-17-36(56)50-19-21-51(22-20-50)49-35(55)9-4-5-18-44-31-8-6-7-29-30(31)23-52(41(29)58)33-15-16-34(54)46-40(33)57/h6-8,10-14,17,32-33,44H,4-5,9,15-16,18-23H2,1-3H3,(H,49,55)(H,46,54,57)/b17-14+/t32-,33?/m0/s1. The quantitative estimate of drug-likeness (QED) is 0.111. The maximum atomic E-state index is 13.5. The van der Waals surface area contributed by atoms with E-state index in [0.717, 1.165) is 50.9 Å². The molecule has 15 nitrogen and oxygen atoms in total. The van der Waals surface area contributed by atoms with Gasteiger partial charge in [-0.05, 0) is 75.9 Å². The van der Waals surface area contributed by atoms with Crippen molar-refractivity contribution in [1.82, 2.24) is 40.3 Å². The second-order valence-electron chi connectivity index (χ2n) is 15.2. The van der Waals surface area contributed by atoms with Gasteiger partial charge in [0.1, 0.15) is 22.9 Å². The van der Waals surface area contributed by atoms with Gasteiger partial charge < -0.3 is 15.1 Å². The van der Waals surface area contributed by atoms with Crippen LogP contribution in [-0.4, -0.2) is 104 Å². The molecule has 2 atom stereocenters. The number of hydrogen-bond acceptors (Lipinski definition) is 11. The zero-order valence-electron chi connectivity index (χ0n) is 33.1. The smallest absolute Gasteiger partial charge is 0.255 e. The van der Waals surface area contributed by atoms with Crippen molar-refractivity contribution in [2.45, 2.75) is 71.5 Å². The Balaban J connectivity index is 0.816. The zero-order chi connectivity index (χ0) is 41.4. The molecule has 0 saturated carbocycles. The molecule has 6 heterocycles. The number of hydrazine groups is 1. The second-order valence-corrected chi connectivity index (χ2v) is 16.8.